The van der Waals surface area contributed by atoms with Crippen molar-refractivity contribution in [3.63, 3.8) is 0 Å². The fourth-order valence-electron chi connectivity index (χ4n) is 2.29. The lowest BCUT2D eigenvalue weighted by molar-refractivity contribution is 0.0525. The van der Waals surface area contributed by atoms with Crippen LogP contribution in [0.2, 0.25) is 0 Å². The van der Waals surface area contributed by atoms with Crippen LogP contribution in [0.5, 0.6) is 0 Å². The molecule has 0 amide bonds. The van der Waals surface area contributed by atoms with Crippen molar-refractivity contribution in [1.29, 1.82) is 0 Å². The molecule has 1 N–H and O–H groups in total. The van der Waals surface area contributed by atoms with E-state index < -0.39 is 0 Å². The third-order valence-corrected chi connectivity index (χ3v) is 3.22. The summed E-state index contributed by atoms with van der Waals surface area (Å²) in [7, 11) is 0. The molecular weight excluding hydrogens is 214 g/mol. The summed E-state index contributed by atoms with van der Waals surface area (Å²) in [6, 6.07) is 2.14. The number of hydrogen-bond acceptors (Lipinski definition) is 4. The maximum atomic E-state index is 5.42. The largest absolute Gasteiger partial charge is 0.381 e. The summed E-state index contributed by atoms with van der Waals surface area (Å²) in [5.41, 5.74) is 0. The summed E-state index contributed by atoms with van der Waals surface area (Å²) in [4.78, 5) is 8.79. The molecule has 1 aromatic rings. The fourth-order valence-corrected chi connectivity index (χ4v) is 2.29. The molecule has 0 saturated carbocycles. The highest BCUT2D eigenvalue weighted by Gasteiger charge is 2.26. The number of nitrogens with zero attached hydrogens (tertiary/aromatic N) is 2. The van der Waals surface area contributed by atoms with E-state index >= 15 is 0 Å². The zero-order chi connectivity index (χ0) is 11.9. The monoisotopic (exact) mass is 235 g/mol. The zero-order valence-electron chi connectivity index (χ0n) is 10.4. The molecule has 0 aliphatic carbocycles. The summed E-state index contributed by atoms with van der Waals surface area (Å²) in [6.45, 7) is 4.92. The van der Waals surface area contributed by atoms with Crippen molar-refractivity contribution in [1.82, 2.24) is 15.3 Å². The van der Waals surface area contributed by atoms with Crippen molar-refractivity contribution < 1.29 is 4.74 Å². The van der Waals surface area contributed by atoms with Crippen molar-refractivity contribution in [2.75, 3.05) is 19.8 Å². The first kappa shape index (κ1) is 12.5. The average molecular weight is 235 g/mol. The lowest BCUT2D eigenvalue weighted by Gasteiger charge is -2.30. The van der Waals surface area contributed by atoms with Gasteiger partial charge in [0, 0.05) is 25.6 Å². The van der Waals surface area contributed by atoms with Crippen molar-refractivity contribution in [3.05, 3.63) is 24.3 Å². The lowest BCUT2D eigenvalue weighted by Crippen LogP contribution is -2.33. The fraction of sp³-hybridized carbons (Fsp3) is 0.692. The molecule has 94 valence electrons. The Morgan fingerprint density at radius 2 is 2.06 bits per heavy atom. The Kier molecular flexibility index (Phi) is 4.88. The van der Waals surface area contributed by atoms with E-state index in [-0.39, 0.29) is 6.04 Å². The second-order valence-corrected chi connectivity index (χ2v) is 4.49. The summed E-state index contributed by atoms with van der Waals surface area (Å²) in [5.74, 6) is 1.52. The van der Waals surface area contributed by atoms with Crippen molar-refractivity contribution in [2.24, 2.45) is 5.92 Å². The number of ether oxygens (including phenoxy) is 1. The Hall–Kier alpha value is -1.00. The van der Waals surface area contributed by atoms with Gasteiger partial charge in [0.25, 0.3) is 0 Å². The van der Waals surface area contributed by atoms with Crippen LogP contribution in [0.1, 0.15) is 38.1 Å². The molecule has 2 rings (SSSR count). The Bertz CT molecular complexity index is 312. The summed E-state index contributed by atoms with van der Waals surface area (Å²) < 4.78 is 5.42. The van der Waals surface area contributed by atoms with E-state index in [4.69, 9.17) is 4.74 Å². The smallest absolute Gasteiger partial charge is 0.145 e. The summed E-state index contributed by atoms with van der Waals surface area (Å²) >= 11 is 0. The van der Waals surface area contributed by atoms with Crippen LogP contribution in [0.15, 0.2) is 18.5 Å². The first-order chi connectivity index (χ1) is 8.42. The molecule has 1 saturated heterocycles. The third kappa shape index (κ3) is 3.48. The van der Waals surface area contributed by atoms with Crippen LogP contribution in [-0.2, 0) is 4.74 Å². The van der Waals surface area contributed by atoms with Crippen LogP contribution >= 0.6 is 0 Å². The maximum absolute atomic E-state index is 5.42. The minimum atomic E-state index is 0.278. The van der Waals surface area contributed by atoms with Crippen LogP contribution in [0, 0.1) is 5.92 Å². The number of nitrogens with one attached hydrogen (secondary N) is 1. The van der Waals surface area contributed by atoms with E-state index in [0.717, 1.165) is 44.8 Å². The Labute approximate surface area is 103 Å². The molecule has 0 aromatic carbocycles. The van der Waals surface area contributed by atoms with Gasteiger partial charge in [-0.05, 0) is 37.8 Å². The molecule has 1 aromatic heterocycles. The van der Waals surface area contributed by atoms with Crippen LogP contribution in [0.3, 0.4) is 0 Å². The molecule has 4 heteroatoms. The van der Waals surface area contributed by atoms with E-state index in [2.05, 4.69) is 22.2 Å². The highest BCUT2D eigenvalue weighted by Crippen LogP contribution is 2.27. The normalized spacial score (nSPS) is 19.1. The van der Waals surface area contributed by atoms with Crippen molar-refractivity contribution >= 4 is 0 Å². The van der Waals surface area contributed by atoms with Gasteiger partial charge in [-0.15, -0.1) is 0 Å². The molecule has 1 aliphatic heterocycles. The molecule has 4 nitrogen and oxygen atoms in total. The standard InChI is InChI=1S/C13H21N3O/c1-2-6-14-12(11-4-9-17-10-5-11)13-15-7-3-8-16-13/h3,7-8,11-12,14H,2,4-6,9-10H2,1H3. The van der Waals surface area contributed by atoms with E-state index in [0.29, 0.717) is 5.92 Å². The zero-order valence-corrected chi connectivity index (χ0v) is 10.4. The van der Waals surface area contributed by atoms with Gasteiger partial charge in [-0.1, -0.05) is 6.92 Å². The van der Waals surface area contributed by atoms with Gasteiger partial charge in [0.2, 0.25) is 0 Å². The molecule has 1 atom stereocenters. The quantitative estimate of drug-likeness (QED) is 0.847. The lowest BCUT2D eigenvalue weighted by atomic mass is 9.91. The van der Waals surface area contributed by atoms with Crippen LogP contribution in [-0.4, -0.2) is 29.7 Å². The van der Waals surface area contributed by atoms with Crippen molar-refractivity contribution in [3.8, 4) is 0 Å². The van der Waals surface area contributed by atoms with Crippen LogP contribution in [0.4, 0.5) is 0 Å². The molecule has 0 spiro atoms. The third-order valence-electron chi connectivity index (χ3n) is 3.22. The molecule has 2 heterocycles. The van der Waals surface area contributed by atoms with Gasteiger partial charge in [0.05, 0.1) is 6.04 Å². The summed E-state index contributed by atoms with van der Waals surface area (Å²) in [6.07, 6.45) is 6.97. The molecule has 0 bridgehead atoms. The van der Waals surface area contributed by atoms with E-state index in [1.807, 2.05) is 18.5 Å². The first-order valence-corrected chi connectivity index (χ1v) is 6.50. The Balaban J connectivity index is 2.06. The van der Waals surface area contributed by atoms with E-state index in [9.17, 15) is 0 Å². The number of aromatic nitrogens is 2. The molecular formula is C13H21N3O. The van der Waals surface area contributed by atoms with Crippen molar-refractivity contribution in [2.45, 2.75) is 32.2 Å². The average Bonchev–Trinajstić information content (AvgIpc) is 2.42. The van der Waals surface area contributed by atoms with Gasteiger partial charge in [0.1, 0.15) is 5.82 Å². The molecule has 1 unspecified atom stereocenters. The highest BCUT2D eigenvalue weighted by atomic mass is 16.5. The second-order valence-electron chi connectivity index (χ2n) is 4.49. The Morgan fingerprint density at radius 3 is 2.71 bits per heavy atom. The molecule has 17 heavy (non-hydrogen) atoms. The number of rotatable bonds is 5. The Morgan fingerprint density at radius 1 is 1.35 bits per heavy atom. The molecule has 1 fully saturated rings. The summed E-state index contributed by atoms with van der Waals surface area (Å²) in [5, 5.41) is 3.57. The molecule has 0 radical (unpaired) electrons. The predicted molar refractivity (Wildman–Crippen MR) is 66.6 cm³/mol. The van der Waals surface area contributed by atoms with Gasteiger partial charge in [0.15, 0.2) is 0 Å². The van der Waals surface area contributed by atoms with Gasteiger partial charge in [-0.3, -0.25) is 0 Å². The van der Waals surface area contributed by atoms with E-state index in [1.165, 1.54) is 0 Å². The van der Waals surface area contributed by atoms with Gasteiger partial charge < -0.3 is 10.1 Å². The molecule has 1 aliphatic rings. The van der Waals surface area contributed by atoms with Crippen LogP contribution in [0.25, 0.3) is 0 Å². The van der Waals surface area contributed by atoms with Crippen LogP contribution < -0.4 is 5.32 Å². The minimum absolute atomic E-state index is 0.278. The SMILES string of the molecule is CCCNC(c1ncccn1)C1CCOCC1. The number of hydrogen-bond donors (Lipinski definition) is 1. The van der Waals surface area contributed by atoms with Gasteiger partial charge >= 0.3 is 0 Å². The minimum Gasteiger partial charge on any atom is -0.381 e. The van der Waals surface area contributed by atoms with E-state index in [1.54, 1.807) is 0 Å². The van der Waals surface area contributed by atoms with Gasteiger partial charge in [-0.25, -0.2) is 9.97 Å². The highest BCUT2D eigenvalue weighted by molar-refractivity contribution is 4.99. The predicted octanol–water partition coefficient (Wildman–Crippen LogP) is 1.94. The van der Waals surface area contributed by atoms with Gasteiger partial charge in [-0.2, -0.15) is 0 Å². The second kappa shape index (κ2) is 6.67. The maximum Gasteiger partial charge on any atom is 0.145 e. The topological polar surface area (TPSA) is 47.0 Å². The first-order valence-electron chi connectivity index (χ1n) is 6.50.